The average Bonchev–Trinajstić information content (AvgIpc) is 2.84. The van der Waals surface area contributed by atoms with Crippen LogP contribution in [0, 0.1) is 0 Å². The van der Waals surface area contributed by atoms with Crippen LogP contribution in [0.2, 0.25) is 5.28 Å². The number of hydrogen-bond acceptors (Lipinski definition) is 3. The molecular formula is C14H12ClN3O. The third-order valence-corrected chi connectivity index (χ3v) is 3.21. The molecule has 0 aliphatic carbocycles. The highest BCUT2D eigenvalue weighted by molar-refractivity contribution is 6.28. The Bertz CT molecular complexity index is 724. The summed E-state index contributed by atoms with van der Waals surface area (Å²) in [5.41, 5.74) is 1.16. The molecule has 2 aromatic carbocycles. The lowest BCUT2D eigenvalue weighted by Gasteiger charge is -2.07. The van der Waals surface area contributed by atoms with Gasteiger partial charge in [0, 0.05) is 6.42 Å². The first-order valence-corrected chi connectivity index (χ1v) is 6.26. The minimum atomic E-state index is 0.243. The van der Waals surface area contributed by atoms with E-state index in [2.05, 4.69) is 27.3 Å². The number of hydrogen-bond donors (Lipinski definition) is 1. The van der Waals surface area contributed by atoms with Crippen molar-refractivity contribution in [2.45, 2.75) is 6.42 Å². The van der Waals surface area contributed by atoms with Crippen LogP contribution in [0.1, 0.15) is 11.4 Å². The van der Waals surface area contributed by atoms with Gasteiger partial charge < -0.3 is 4.74 Å². The number of methoxy groups -OCH3 is 1. The largest absolute Gasteiger partial charge is 0.497 e. The van der Waals surface area contributed by atoms with Crippen molar-refractivity contribution in [2.75, 3.05) is 7.11 Å². The first-order valence-electron chi connectivity index (χ1n) is 5.88. The van der Waals surface area contributed by atoms with Crippen molar-refractivity contribution in [1.82, 2.24) is 15.2 Å². The molecule has 0 aliphatic heterocycles. The van der Waals surface area contributed by atoms with Gasteiger partial charge in [-0.3, -0.25) is 5.10 Å². The van der Waals surface area contributed by atoms with Gasteiger partial charge in [-0.2, -0.15) is 0 Å². The zero-order valence-corrected chi connectivity index (χ0v) is 11.1. The molecule has 0 atom stereocenters. The van der Waals surface area contributed by atoms with E-state index in [1.807, 2.05) is 24.3 Å². The Morgan fingerprint density at radius 3 is 2.89 bits per heavy atom. The van der Waals surface area contributed by atoms with Crippen molar-refractivity contribution in [3.05, 3.63) is 53.1 Å². The van der Waals surface area contributed by atoms with Crippen LogP contribution < -0.4 is 4.74 Å². The Morgan fingerprint density at radius 2 is 2.16 bits per heavy atom. The number of H-pyrrole nitrogens is 1. The van der Waals surface area contributed by atoms with Crippen LogP contribution in [0.3, 0.4) is 0 Å². The predicted molar refractivity (Wildman–Crippen MR) is 74.7 cm³/mol. The third kappa shape index (κ3) is 2.39. The highest BCUT2D eigenvalue weighted by Crippen LogP contribution is 2.25. The minimum Gasteiger partial charge on any atom is -0.497 e. The summed E-state index contributed by atoms with van der Waals surface area (Å²) >= 11 is 5.72. The van der Waals surface area contributed by atoms with Crippen molar-refractivity contribution >= 4 is 22.4 Å². The van der Waals surface area contributed by atoms with Gasteiger partial charge >= 0.3 is 0 Å². The second kappa shape index (κ2) is 4.90. The normalized spacial score (nSPS) is 10.8. The quantitative estimate of drug-likeness (QED) is 0.797. The maximum atomic E-state index is 5.72. The Morgan fingerprint density at radius 1 is 1.26 bits per heavy atom. The highest BCUT2D eigenvalue weighted by Gasteiger charge is 2.06. The first-order chi connectivity index (χ1) is 9.26. The number of ether oxygens (including phenoxy) is 1. The van der Waals surface area contributed by atoms with Crippen molar-refractivity contribution < 1.29 is 4.74 Å². The number of nitrogens with zero attached hydrogens (tertiary/aromatic N) is 2. The standard InChI is InChI=1S/C14H12ClN3O/c1-19-11-6-5-9-3-2-4-10(12(9)8-11)7-13-16-14(15)18-17-13/h2-6,8H,7H2,1H3,(H,16,17,18). The van der Waals surface area contributed by atoms with E-state index in [0.717, 1.165) is 22.5 Å². The van der Waals surface area contributed by atoms with Gasteiger partial charge in [-0.05, 0) is 40.1 Å². The average molecular weight is 274 g/mol. The number of halogens is 1. The fourth-order valence-electron chi connectivity index (χ4n) is 2.13. The van der Waals surface area contributed by atoms with Crippen LogP contribution in [-0.4, -0.2) is 22.3 Å². The smallest absolute Gasteiger partial charge is 0.242 e. The molecule has 3 aromatic rings. The molecule has 0 saturated carbocycles. The SMILES string of the molecule is COc1ccc2cccc(Cc3nc(Cl)n[nH]3)c2c1. The topological polar surface area (TPSA) is 50.8 Å². The van der Waals surface area contributed by atoms with Gasteiger partial charge in [0.1, 0.15) is 11.6 Å². The molecule has 3 rings (SSSR count). The van der Waals surface area contributed by atoms with Crippen molar-refractivity contribution in [2.24, 2.45) is 0 Å². The molecule has 96 valence electrons. The molecule has 0 radical (unpaired) electrons. The van der Waals surface area contributed by atoms with Gasteiger partial charge in [0.15, 0.2) is 0 Å². The summed E-state index contributed by atoms with van der Waals surface area (Å²) in [5.74, 6) is 1.59. The van der Waals surface area contributed by atoms with Crippen LogP contribution in [-0.2, 0) is 6.42 Å². The van der Waals surface area contributed by atoms with Gasteiger partial charge in [-0.15, -0.1) is 5.10 Å². The summed E-state index contributed by atoms with van der Waals surface area (Å²) in [6.07, 6.45) is 0.657. The van der Waals surface area contributed by atoms with Crippen LogP contribution in [0.5, 0.6) is 5.75 Å². The molecule has 1 heterocycles. The maximum absolute atomic E-state index is 5.72. The van der Waals surface area contributed by atoms with E-state index in [1.54, 1.807) is 7.11 Å². The van der Waals surface area contributed by atoms with Gasteiger partial charge in [-0.1, -0.05) is 24.3 Å². The second-order valence-electron chi connectivity index (χ2n) is 4.23. The van der Waals surface area contributed by atoms with Gasteiger partial charge in [0.2, 0.25) is 5.28 Å². The maximum Gasteiger partial charge on any atom is 0.242 e. The number of rotatable bonds is 3. The van der Waals surface area contributed by atoms with E-state index in [-0.39, 0.29) is 5.28 Å². The molecule has 0 unspecified atom stereocenters. The van der Waals surface area contributed by atoms with Gasteiger partial charge in [-0.25, -0.2) is 4.98 Å². The minimum absolute atomic E-state index is 0.243. The summed E-state index contributed by atoms with van der Waals surface area (Å²) in [6, 6.07) is 12.2. The van der Waals surface area contributed by atoms with E-state index in [4.69, 9.17) is 16.3 Å². The third-order valence-electron chi connectivity index (χ3n) is 3.04. The highest BCUT2D eigenvalue weighted by atomic mass is 35.5. The Labute approximate surface area is 115 Å². The lowest BCUT2D eigenvalue weighted by atomic mass is 10.0. The predicted octanol–water partition coefficient (Wildman–Crippen LogP) is 3.21. The van der Waals surface area contributed by atoms with Crippen molar-refractivity contribution in [1.29, 1.82) is 0 Å². The molecule has 1 N–H and O–H groups in total. The molecule has 19 heavy (non-hydrogen) atoms. The number of aromatic amines is 1. The molecule has 0 amide bonds. The molecular weight excluding hydrogens is 262 g/mol. The Balaban J connectivity index is 2.06. The van der Waals surface area contributed by atoms with E-state index in [0.29, 0.717) is 6.42 Å². The fraction of sp³-hybridized carbons (Fsp3) is 0.143. The van der Waals surface area contributed by atoms with Crippen LogP contribution in [0.15, 0.2) is 36.4 Å². The van der Waals surface area contributed by atoms with Gasteiger partial charge in [0.05, 0.1) is 7.11 Å². The molecule has 1 aromatic heterocycles. The summed E-state index contributed by atoms with van der Waals surface area (Å²) in [6.45, 7) is 0. The lowest BCUT2D eigenvalue weighted by Crippen LogP contribution is -1.93. The molecule has 0 bridgehead atoms. The number of aromatic nitrogens is 3. The molecule has 4 nitrogen and oxygen atoms in total. The summed E-state index contributed by atoms with van der Waals surface area (Å²) in [7, 11) is 1.67. The Hall–Kier alpha value is -2.07. The zero-order valence-electron chi connectivity index (χ0n) is 10.4. The first kappa shape index (κ1) is 12.0. The fourth-order valence-corrected chi connectivity index (χ4v) is 2.27. The summed E-state index contributed by atoms with van der Waals surface area (Å²) in [5, 5.41) is 9.22. The van der Waals surface area contributed by atoms with E-state index in [1.165, 1.54) is 5.39 Å². The Kier molecular flexibility index (Phi) is 3.09. The molecule has 0 fully saturated rings. The molecule has 5 heteroatoms. The molecule has 0 spiro atoms. The van der Waals surface area contributed by atoms with Crippen LogP contribution >= 0.6 is 11.6 Å². The number of benzene rings is 2. The zero-order chi connectivity index (χ0) is 13.2. The van der Waals surface area contributed by atoms with Crippen LogP contribution in [0.25, 0.3) is 10.8 Å². The summed E-state index contributed by atoms with van der Waals surface area (Å²) in [4.78, 5) is 4.12. The summed E-state index contributed by atoms with van der Waals surface area (Å²) < 4.78 is 5.27. The molecule has 0 aliphatic rings. The van der Waals surface area contributed by atoms with Crippen molar-refractivity contribution in [3.63, 3.8) is 0 Å². The van der Waals surface area contributed by atoms with Crippen LogP contribution in [0.4, 0.5) is 0 Å². The van der Waals surface area contributed by atoms with E-state index >= 15 is 0 Å². The van der Waals surface area contributed by atoms with Crippen molar-refractivity contribution in [3.8, 4) is 5.75 Å². The van der Waals surface area contributed by atoms with Gasteiger partial charge in [0.25, 0.3) is 0 Å². The lowest BCUT2D eigenvalue weighted by molar-refractivity contribution is 0.415. The molecule has 0 saturated heterocycles. The van der Waals surface area contributed by atoms with E-state index < -0.39 is 0 Å². The number of fused-ring (bicyclic) bond motifs is 1. The monoisotopic (exact) mass is 273 g/mol. The second-order valence-corrected chi connectivity index (χ2v) is 4.57. The van der Waals surface area contributed by atoms with E-state index in [9.17, 15) is 0 Å². The number of nitrogens with one attached hydrogen (secondary N) is 1.